The minimum absolute atomic E-state index is 0.0169. The molecule has 290 valence electrons. The molecule has 0 N–H and O–H groups in total. The van der Waals surface area contributed by atoms with Crippen LogP contribution in [0.1, 0.15) is 87.5 Å². The van der Waals surface area contributed by atoms with E-state index < -0.39 is 11.5 Å². The van der Waals surface area contributed by atoms with E-state index in [-0.39, 0.29) is 42.1 Å². The molecule has 4 aliphatic rings. The van der Waals surface area contributed by atoms with Gasteiger partial charge in [0.2, 0.25) is 5.91 Å². The van der Waals surface area contributed by atoms with Crippen LogP contribution in [-0.2, 0) is 27.2 Å². The maximum Gasteiger partial charge on any atom is 0.410 e. The quantitative estimate of drug-likeness (QED) is 0.191. The van der Waals surface area contributed by atoms with E-state index in [0.717, 1.165) is 73.1 Å². The molecule has 0 unspecified atom stereocenters. The molecule has 3 aromatic rings. The minimum Gasteiger partial charge on any atom is -0.485 e. The van der Waals surface area contributed by atoms with Crippen LogP contribution in [0.4, 0.5) is 10.6 Å². The van der Waals surface area contributed by atoms with E-state index in [4.69, 9.17) is 54.0 Å². The van der Waals surface area contributed by atoms with Crippen LogP contribution >= 0.6 is 34.8 Å². The molecule has 1 aromatic heterocycles. The molecular weight excluding hydrogens is 747 g/mol. The largest absolute Gasteiger partial charge is 0.485 e. The van der Waals surface area contributed by atoms with Crippen molar-refractivity contribution < 1.29 is 23.8 Å². The van der Waals surface area contributed by atoms with Crippen molar-refractivity contribution in [2.45, 2.75) is 115 Å². The molecule has 54 heavy (non-hydrogen) atoms. The standard InChI is InChI=1S/C42H51Cl3N4O5/c1-25-18-34(44)39(35(45)19-25)53-31-14-16-47(24-31)37-13-7-27(22-46-37)32-21-30-10-12-36(49(30)41(51)54-42(2,3)4)38(32)40(50)48(29-8-9-29)23-28-20-26(15-17-52-5)6-11-33(28)43/h6-7,11,13,18-20,22,29-32,36,38H,8-10,12,14-17,21,23-24H2,1-5H3/t30-,31+,32+,36+,38+/m0/s1. The third-order valence-electron chi connectivity index (χ3n) is 11.2. The lowest BCUT2D eigenvalue weighted by Gasteiger charge is -2.45. The van der Waals surface area contributed by atoms with Crippen LogP contribution in [0.2, 0.25) is 15.1 Å². The summed E-state index contributed by atoms with van der Waals surface area (Å²) in [5.74, 6) is 0.875. The number of carbonyl (C=O) groups excluding carboxylic acids is 2. The second-order valence-electron chi connectivity index (χ2n) is 16.4. The van der Waals surface area contributed by atoms with Crippen molar-refractivity contribution in [2.24, 2.45) is 5.92 Å². The fraction of sp³-hybridized carbons (Fsp3) is 0.548. The number of hydrogen-bond donors (Lipinski definition) is 0. The van der Waals surface area contributed by atoms with E-state index in [1.165, 1.54) is 0 Å². The summed E-state index contributed by atoms with van der Waals surface area (Å²) >= 11 is 19.7. The van der Waals surface area contributed by atoms with Gasteiger partial charge in [0.05, 0.1) is 29.1 Å². The number of nitrogens with zero attached hydrogens (tertiary/aromatic N) is 4. The summed E-state index contributed by atoms with van der Waals surface area (Å²) in [5.41, 5.74) is 3.40. The van der Waals surface area contributed by atoms with Crippen molar-refractivity contribution >= 4 is 52.6 Å². The van der Waals surface area contributed by atoms with Gasteiger partial charge in [0.25, 0.3) is 0 Å². The Bertz CT molecular complexity index is 1830. The van der Waals surface area contributed by atoms with Crippen LogP contribution < -0.4 is 9.64 Å². The Balaban J connectivity index is 1.14. The number of fused-ring (bicyclic) bond motifs is 2. The third kappa shape index (κ3) is 8.59. The van der Waals surface area contributed by atoms with Crippen LogP contribution in [0.5, 0.6) is 5.75 Å². The highest BCUT2D eigenvalue weighted by molar-refractivity contribution is 6.37. The van der Waals surface area contributed by atoms with Gasteiger partial charge in [0.1, 0.15) is 17.5 Å². The van der Waals surface area contributed by atoms with Crippen molar-refractivity contribution in [3.8, 4) is 5.75 Å². The molecule has 1 aliphatic carbocycles. The van der Waals surface area contributed by atoms with Crippen molar-refractivity contribution in [3.63, 3.8) is 0 Å². The number of benzene rings is 2. The zero-order valence-corrected chi connectivity index (χ0v) is 34.1. The molecule has 2 bridgehead atoms. The van der Waals surface area contributed by atoms with Crippen LogP contribution in [0.15, 0.2) is 48.7 Å². The molecule has 2 amide bonds. The number of pyridine rings is 1. The van der Waals surface area contributed by atoms with Crippen molar-refractivity contribution in [2.75, 3.05) is 31.7 Å². The first-order chi connectivity index (χ1) is 25.8. The summed E-state index contributed by atoms with van der Waals surface area (Å²) in [6, 6.07) is 13.8. The highest BCUT2D eigenvalue weighted by atomic mass is 35.5. The Kier molecular flexibility index (Phi) is 11.6. The Hall–Kier alpha value is -3.24. The van der Waals surface area contributed by atoms with Gasteiger partial charge in [-0.15, -0.1) is 0 Å². The molecule has 0 radical (unpaired) electrons. The minimum atomic E-state index is -0.643. The number of hydrogen-bond acceptors (Lipinski definition) is 7. The average Bonchev–Trinajstić information content (AvgIpc) is 3.77. The highest BCUT2D eigenvalue weighted by Gasteiger charge is 2.55. The van der Waals surface area contributed by atoms with Crippen molar-refractivity contribution in [1.29, 1.82) is 0 Å². The second kappa shape index (κ2) is 16.1. The first-order valence-corrected chi connectivity index (χ1v) is 20.3. The Morgan fingerprint density at radius 2 is 1.72 bits per heavy atom. The van der Waals surface area contributed by atoms with Gasteiger partial charge >= 0.3 is 6.09 Å². The zero-order chi connectivity index (χ0) is 38.3. The Morgan fingerprint density at radius 1 is 0.963 bits per heavy atom. The number of methoxy groups -OCH3 is 1. The van der Waals surface area contributed by atoms with E-state index in [1.54, 1.807) is 7.11 Å². The normalized spacial score (nSPS) is 23.8. The smallest absolute Gasteiger partial charge is 0.410 e. The number of aromatic nitrogens is 1. The van der Waals surface area contributed by atoms with Crippen molar-refractivity contribution in [1.82, 2.24) is 14.8 Å². The summed E-state index contributed by atoms with van der Waals surface area (Å²) in [6.07, 6.45) is 7.23. The van der Waals surface area contributed by atoms with E-state index in [1.807, 2.05) is 68.0 Å². The number of halogens is 3. The molecule has 4 heterocycles. The molecule has 2 aromatic carbocycles. The average molecular weight is 798 g/mol. The van der Waals surface area contributed by atoms with E-state index in [9.17, 15) is 4.79 Å². The first kappa shape index (κ1) is 39.0. The molecule has 0 spiro atoms. The molecule has 1 saturated carbocycles. The van der Waals surface area contributed by atoms with Gasteiger partial charge < -0.3 is 28.9 Å². The molecule has 5 atom stereocenters. The number of carbonyl (C=O) groups is 2. The van der Waals surface area contributed by atoms with Crippen molar-refractivity contribution in [3.05, 3.63) is 86.0 Å². The predicted molar refractivity (Wildman–Crippen MR) is 213 cm³/mol. The Labute approximate surface area is 334 Å². The van der Waals surface area contributed by atoms with Crippen LogP contribution in [0.3, 0.4) is 0 Å². The SMILES string of the molecule is COCCc1ccc(Cl)c(CN(C(=O)[C@@H]2[C@@H](c3ccc(N4CC[C@@H](Oc5c(Cl)cc(C)cc5Cl)C4)nc3)C[C@@H]3CC[C@H]2N3C(=O)OC(C)(C)C)C2CC2)c1. The molecule has 3 aliphatic heterocycles. The predicted octanol–water partition coefficient (Wildman–Crippen LogP) is 9.26. The zero-order valence-electron chi connectivity index (χ0n) is 31.8. The molecule has 9 nitrogen and oxygen atoms in total. The Morgan fingerprint density at radius 3 is 2.39 bits per heavy atom. The molecule has 3 saturated heterocycles. The number of rotatable bonds is 11. The summed E-state index contributed by atoms with van der Waals surface area (Å²) in [7, 11) is 1.69. The van der Waals surface area contributed by atoms with Gasteiger partial charge in [0.15, 0.2) is 5.75 Å². The topological polar surface area (TPSA) is 84.4 Å². The van der Waals surface area contributed by atoms with Gasteiger partial charge in [-0.3, -0.25) is 4.79 Å². The van der Waals surface area contributed by atoms with E-state index >= 15 is 4.79 Å². The van der Waals surface area contributed by atoms with Crippen LogP contribution in [0, 0.1) is 12.8 Å². The maximum atomic E-state index is 15.1. The van der Waals surface area contributed by atoms with E-state index in [2.05, 4.69) is 23.1 Å². The number of amides is 2. The summed E-state index contributed by atoms with van der Waals surface area (Å²) in [5, 5.41) is 1.66. The van der Waals surface area contributed by atoms with Gasteiger partial charge in [-0.05, 0) is 113 Å². The number of anilines is 1. The third-order valence-corrected chi connectivity index (χ3v) is 12.2. The maximum absolute atomic E-state index is 15.1. The van der Waals surface area contributed by atoms with Gasteiger partial charge in [-0.1, -0.05) is 53.0 Å². The molecule has 4 fully saturated rings. The molecular formula is C42H51Cl3N4O5. The lowest BCUT2D eigenvalue weighted by Crippen LogP contribution is -2.56. The molecule has 7 rings (SSSR count). The lowest BCUT2D eigenvalue weighted by molar-refractivity contribution is -0.141. The lowest BCUT2D eigenvalue weighted by atomic mass is 9.75. The highest BCUT2D eigenvalue weighted by Crippen LogP contribution is 2.49. The van der Waals surface area contributed by atoms with Gasteiger partial charge in [-0.25, -0.2) is 9.78 Å². The summed E-state index contributed by atoms with van der Waals surface area (Å²) in [6.45, 7) is 10.1. The monoisotopic (exact) mass is 796 g/mol. The fourth-order valence-electron chi connectivity index (χ4n) is 8.56. The molecule has 12 heteroatoms. The number of ether oxygens (including phenoxy) is 3. The van der Waals surface area contributed by atoms with Crippen LogP contribution in [0.25, 0.3) is 0 Å². The van der Waals surface area contributed by atoms with E-state index in [0.29, 0.717) is 46.9 Å². The fourth-order valence-corrected chi connectivity index (χ4v) is 9.42. The second-order valence-corrected chi connectivity index (χ2v) is 17.6. The number of piperidine rings is 1. The summed E-state index contributed by atoms with van der Waals surface area (Å²) < 4.78 is 17.5. The van der Waals surface area contributed by atoms with Gasteiger partial charge in [-0.2, -0.15) is 0 Å². The van der Waals surface area contributed by atoms with Crippen LogP contribution in [-0.4, -0.2) is 83.4 Å². The number of aryl methyl sites for hydroxylation is 1. The first-order valence-electron chi connectivity index (χ1n) is 19.2. The summed E-state index contributed by atoms with van der Waals surface area (Å²) in [4.78, 5) is 40.0. The van der Waals surface area contributed by atoms with Gasteiger partial charge in [0, 0.05) is 61.9 Å².